The van der Waals surface area contributed by atoms with Crippen LogP contribution in [0, 0.1) is 6.92 Å². The molecule has 0 aliphatic carbocycles. The summed E-state index contributed by atoms with van der Waals surface area (Å²) in [7, 11) is -1.31. The lowest BCUT2D eigenvalue weighted by molar-refractivity contribution is -0.140. The van der Waals surface area contributed by atoms with Crippen molar-refractivity contribution in [2.24, 2.45) is 0 Å². The fourth-order valence-electron chi connectivity index (χ4n) is 5.17. The first-order valence-electron chi connectivity index (χ1n) is 15.0. The van der Waals surface area contributed by atoms with Crippen LogP contribution in [0.4, 0.5) is 5.69 Å². The molecule has 1 N–H and O–H groups in total. The molecule has 0 aliphatic heterocycles. The largest absolute Gasteiger partial charge is 0.493 e. The number of rotatable bonds is 14. The average Bonchev–Trinajstić information content (AvgIpc) is 3.05. The van der Waals surface area contributed by atoms with Crippen molar-refractivity contribution in [1.82, 2.24) is 10.2 Å². The number of nitrogens with zero attached hydrogens (tertiary/aromatic N) is 2. The van der Waals surface area contributed by atoms with E-state index in [0.717, 1.165) is 21.0 Å². The molecular formula is C36H41N3O6S. The molecule has 0 radical (unpaired) electrons. The summed E-state index contributed by atoms with van der Waals surface area (Å²) in [6, 6.07) is 28.6. The monoisotopic (exact) mass is 643 g/mol. The Morgan fingerprint density at radius 2 is 1.41 bits per heavy atom. The topological polar surface area (TPSA) is 105 Å². The third kappa shape index (κ3) is 8.45. The number of carbonyl (C=O) groups excluding carboxylic acids is 2. The summed E-state index contributed by atoms with van der Waals surface area (Å²) in [6.45, 7) is 5.19. The van der Waals surface area contributed by atoms with Gasteiger partial charge in [0.25, 0.3) is 10.0 Å². The van der Waals surface area contributed by atoms with Crippen LogP contribution in [0.2, 0.25) is 0 Å². The van der Waals surface area contributed by atoms with Crippen LogP contribution >= 0.6 is 0 Å². The molecule has 0 aromatic heterocycles. The van der Waals surface area contributed by atoms with Crippen LogP contribution in [-0.2, 0) is 32.6 Å². The van der Waals surface area contributed by atoms with Gasteiger partial charge in [-0.05, 0) is 56.2 Å². The van der Waals surface area contributed by atoms with Crippen molar-refractivity contribution in [1.29, 1.82) is 0 Å². The van der Waals surface area contributed by atoms with Crippen LogP contribution < -0.4 is 19.1 Å². The molecule has 46 heavy (non-hydrogen) atoms. The Bertz CT molecular complexity index is 1730. The lowest BCUT2D eigenvalue weighted by Crippen LogP contribution is -2.54. The number of methoxy groups -OCH3 is 2. The van der Waals surface area contributed by atoms with E-state index in [4.69, 9.17) is 9.47 Å². The molecule has 0 fully saturated rings. The van der Waals surface area contributed by atoms with Crippen molar-refractivity contribution in [3.63, 3.8) is 0 Å². The Balaban J connectivity index is 1.84. The normalized spacial score (nSPS) is 11.9. The van der Waals surface area contributed by atoms with E-state index in [1.165, 1.54) is 37.3 Å². The summed E-state index contributed by atoms with van der Waals surface area (Å²) < 4.78 is 40.3. The highest BCUT2D eigenvalue weighted by atomic mass is 32.2. The Labute approximate surface area is 271 Å². The second kappa shape index (κ2) is 15.4. The van der Waals surface area contributed by atoms with Gasteiger partial charge in [0, 0.05) is 25.1 Å². The molecule has 4 aromatic carbocycles. The lowest BCUT2D eigenvalue weighted by atomic mass is 10.0. The summed E-state index contributed by atoms with van der Waals surface area (Å²) in [5.41, 5.74) is 2.88. The molecule has 0 spiro atoms. The van der Waals surface area contributed by atoms with Gasteiger partial charge in [0.1, 0.15) is 12.6 Å². The molecular weight excluding hydrogens is 602 g/mol. The van der Waals surface area contributed by atoms with Crippen LogP contribution in [0.1, 0.15) is 30.5 Å². The van der Waals surface area contributed by atoms with Crippen molar-refractivity contribution in [2.45, 2.75) is 50.7 Å². The second-order valence-corrected chi connectivity index (χ2v) is 13.1. The third-order valence-corrected chi connectivity index (χ3v) is 9.19. The fourth-order valence-corrected chi connectivity index (χ4v) is 6.60. The number of hydrogen-bond donors (Lipinski definition) is 1. The summed E-state index contributed by atoms with van der Waals surface area (Å²) in [5, 5.41) is 2.97. The number of hydrogen-bond acceptors (Lipinski definition) is 6. The van der Waals surface area contributed by atoms with Crippen LogP contribution in [-0.4, -0.2) is 58.0 Å². The smallest absolute Gasteiger partial charge is 0.264 e. The number of nitrogens with one attached hydrogen (secondary N) is 1. The second-order valence-electron chi connectivity index (χ2n) is 11.2. The Hall–Kier alpha value is -4.83. The van der Waals surface area contributed by atoms with Crippen LogP contribution in [0.25, 0.3) is 0 Å². The van der Waals surface area contributed by atoms with Crippen LogP contribution in [0.3, 0.4) is 0 Å². The van der Waals surface area contributed by atoms with Crippen molar-refractivity contribution in [3.05, 3.63) is 120 Å². The van der Waals surface area contributed by atoms with E-state index in [2.05, 4.69) is 5.32 Å². The first-order chi connectivity index (χ1) is 22.0. The highest BCUT2D eigenvalue weighted by Gasteiger charge is 2.35. The Morgan fingerprint density at radius 3 is 2.02 bits per heavy atom. The van der Waals surface area contributed by atoms with E-state index >= 15 is 0 Å². The maximum atomic E-state index is 14.6. The lowest BCUT2D eigenvalue weighted by Gasteiger charge is -2.34. The predicted octanol–water partition coefficient (Wildman–Crippen LogP) is 5.37. The first kappa shape index (κ1) is 34.1. The molecule has 4 aromatic rings. The minimum atomic E-state index is -4.24. The van der Waals surface area contributed by atoms with Crippen LogP contribution in [0.15, 0.2) is 108 Å². The Kier molecular flexibility index (Phi) is 11.4. The van der Waals surface area contributed by atoms with Gasteiger partial charge in [-0.15, -0.1) is 0 Å². The predicted molar refractivity (Wildman–Crippen MR) is 179 cm³/mol. The van der Waals surface area contributed by atoms with Gasteiger partial charge < -0.3 is 19.7 Å². The van der Waals surface area contributed by atoms with E-state index in [1.54, 1.807) is 30.3 Å². The zero-order valence-electron chi connectivity index (χ0n) is 26.8. The number of benzene rings is 4. The average molecular weight is 644 g/mol. The molecule has 0 aliphatic rings. The molecule has 2 amide bonds. The molecule has 0 heterocycles. The summed E-state index contributed by atoms with van der Waals surface area (Å²) in [5.74, 6) is -0.168. The molecule has 242 valence electrons. The summed E-state index contributed by atoms with van der Waals surface area (Å²) in [6.07, 6.45) is 0.235. The van der Waals surface area contributed by atoms with E-state index in [1.807, 2.05) is 75.4 Å². The van der Waals surface area contributed by atoms with Gasteiger partial charge in [0.05, 0.1) is 24.8 Å². The van der Waals surface area contributed by atoms with Gasteiger partial charge in [-0.2, -0.15) is 0 Å². The van der Waals surface area contributed by atoms with Crippen molar-refractivity contribution in [2.75, 3.05) is 25.1 Å². The van der Waals surface area contributed by atoms with Gasteiger partial charge >= 0.3 is 0 Å². The summed E-state index contributed by atoms with van der Waals surface area (Å²) in [4.78, 5) is 29.9. The van der Waals surface area contributed by atoms with Gasteiger partial charge in [-0.25, -0.2) is 8.42 Å². The molecule has 1 atom stereocenters. The fraction of sp³-hybridized carbons (Fsp3) is 0.278. The standard InChI is InChI=1S/C36H41N3O6S/c1-26(2)37-36(41)32(22-28-14-8-6-9-15-28)38(24-29-16-12-13-27(3)21-29)35(40)25-39(46(42,43)31-17-10-7-11-18-31)30-19-20-33(44-4)34(23-30)45-5/h6-21,23,26,32H,22,24-25H2,1-5H3,(H,37,41)/t32-/m1/s1. The first-order valence-corrected chi connectivity index (χ1v) is 16.5. The highest BCUT2D eigenvalue weighted by molar-refractivity contribution is 7.92. The van der Waals surface area contributed by atoms with Gasteiger partial charge in [0.2, 0.25) is 11.8 Å². The van der Waals surface area contributed by atoms with E-state index in [-0.39, 0.29) is 35.5 Å². The van der Waals surface area contributed by atoms with Crippen molar-refractivity contribution >= 4 is 27.5 Å². The zero-order chi connectivity index (χ0) is 33.3. The number of anilines is 1. The van der Waals surface area contributed by atoms with Gasteiger partial charge in [-0.1, -0.05) is 78.4 Å². The molecule has 0 bridgehead atoms. The van der Waals surface area contributed by atoms with Crippen molar-refractivity contribution in [3.8, 4) is 11.5 Å². The molecule has 9 nitrogen and oxygen atoms in total. The third-order valence-electron chi connectivity index (χ3n) is 7.40. The van der Waals surface area contributed by atoms with Gasteiger partial charge in [-0.3, -0.25) is 13.9 Å². The quantitative estimate of drug-likeness (QED) is 0.198. The number of ether oxygens (including phenoxy) is 2. The number of aryl methyl sites for hydroxylation is 1. The SMILES string of the molecule is COc1ccc(N(CC(=O)N(Cc2cccc(C)c2)[C@H](Cc2ccccc2)C(=O)NC(C)C)S(=O)(=O)c2ccccc2)cc1OC. The van der Waals surface area contributed by atoms with Crippen molar-refractivity contribution < 1.29 is 27.5 Å². The van der Waals surface area contributed by atoms with Crippen LogP contribution in [0.5, 0.6) is 11.5 Å². The molecule has 0 saturated carbocycles. The maximum Gasteiger partial charge on any atom is 0.264 e. The number of amides is 2. The highest BCUT2D eigenvalue weighted by Crippen LogP contribution is 2.34. The van der Waals surface area contributed by atoms with E-state index < -0.39 is 28.5 Å². The Morgan fingerprint density at radius 1 is 0.783 bits per heavy atom. The molecule has 0 unspecified atom stereocenters. The minimum Gasteiger partial charge on any atom is -0.493 e. The number of sulfonamides is 1. The van der Waals surface area contributed by atoms with Gasteiger partial charge in [0.15, 0.2) is 11.5 Å². The minimum absolute atomic E-state index is 0.0150. The molecule has 10 heteroatoms. The summed E-state index contributed by atoms with van der Waals surface area (Å²) >= 11 is 0. The van der Waals surface area contributed by atoms with E-state index in [9.17, 15) is 18.0 Å². The maximum absolute atomic E-state index is 14.6. The zero-order valence-corrected chi connectivity index (χ0v) is 27.7. The number of carbonyl (C=O) groups is 2. The molecule has 0 saturated heterocycles. The van der Waals surface area contributed by atoms with E-state index in [0.29, 0.717) is 11.5 Å². The molecule has 4 rings (SSSR count).